The number of rotatable bonds is 20. The van der Waals surface area contributed by atoms with Crippen molar-refractivity contribution in [1.29, 1.82) is 0 Å². The average Bonchev–Trinajstić information content (AvgIpc) is 2.64. The largest absolute Gasteiger partial charge is 0.462 e. The zero-order chi connectivity index (χ0) is 20.2. The van der Waals surface area contributed by atoms with Gasteiger partial charge in [-0.15, -0.1) is 0 Å². The number of carbonyl (C=O) groups excluding carboxylic acids is 1. The van der Waals surface area contributed by atoms with E-state index in [0.29, 0.717) is 12.2 Å². The van der Waals surface area contributed by atoms with Crippen LogP contribution in [0.2, 0.25) is 0 Å². The molecule has 0 aliphatic carbocycles. The fourth-order valence-corrected chi connectivity index (χ4v) is 3.38. The van der Waals surface area contributed by atoms with Gasteiger partial charge in [0.25, 0.3) is 0 Å². The zero-order valence-electron chi connectivity index (χ0n) is 18.8. The van der Waals surface area contributed by atoms with Crippen LogP contribution in [0.15, 0.2) is 12.2 Å². The van der Waals surface area contributed by atoms with Gasteiger partial charge in [0.15, 0.2) is 0 Å². The lowest BCUT2D eigenvalue weighted by molar-refractivity contribution is -0.139. The van der Waals surface area contributed by atoms with E-state index in [-0.39, 0.29) is 5.97 Å². The van der Waals surface area contributed by atoms with Crippen molar-refractivity contribution in [1.82, 2.24) is 0 Å². The molecule has 0 aromatic heterocycles. The van der Waals surface area contributed by atoms with Gasteiger partial charge in [0.05, 0.1) is 6.61 Å². The highest BCUT2D eigenvalue weighted by Crippen LogP contribution is 2.15. The lowest BCUT2D eigenvalue weighted by atomic mass is 10.0. The molecule has 0 aromatic rings. The summed E-state index contributed by atoms with van der Waals surface area (Å²) in [4.78, 5) is 11.9. The normalized spacial score (nSPS) is 11.1. The predicted octanol–water partition coefficient (Wildman–Crippen LogP) is 8.39. The van der Waals surface area contributed by atoms with Gasteiger partial charge >= 0.3 is 5.97 Å². The fourth-order valence-electron chi connectivity index (χ4n) is 3.38. The lowest BCUT2D eigenvalue weighted by Crippen LogP contribution is -2.08. The Morgan fingerprint density at radius 3 is 1.78 bits per heavy atom. The Morgan fingerprint density at radius 2 is 1.22 bits per heavy atom. The van der Waals surface area contributed by atoms with Gasteiger partial charge < -0.3 is 4.74 Å². The van der Waals surface area contributed by atoms with Crippen molar-refractivity contribution in [3.63, 3.8) is 0 Å². The van der Waals surface area contributed by atoms with E-state index in [9.17, 15) is 4.79 Å². The summed E-state index contributed by atoms with van der Waals surface area (Å²) < 4.78 is 5.35. The second kappa shape index (κ2) is 20.0. The molecule has 0 spiro atoms. The van der Waals surface area contributed by atoms with E-state index in [2.05, 4.69) is 27.4 Å². The van der Waals surface area contributed by atoms with Crippen molar-refractivity contribution >= 4 is 5.97 Å². The molecule has 27 heavy (non-hydrogen) atoms. The smallest absolute Gasteiger partial charge is 0.333 e. The van der Waals surface area contributed by atoms with Crippen LogP contribution in [0, 0.1) is 5.92 Å². The molecule has 0 fully saturated rings. The van der Waals surface area contributed by atoms with E-state index < -0.39 is 0 Å². The zero-order valence-corrected chi connectivity index (χ0v) is 18.8. The van der Waals surface area contributed by atoms with Crippen LogP contribution >= 0.6 is 0 Å². The molecule has 0 bridgehead atoms. The molecule has 0 saturated heterocycles. The van der Waals surface area contributed by atoms with E-state index in [1.54, 1.807) is 0 Å². The molecule has 0 aliphatic heterocycles. The fraction of sp³-hybridized carbons (Fsp3) is 0.880. The van der Waals surface area contributed by atoms with Gasteiger partial charge in [0.2, 0.25) is 0 Å². The van der Waals surface area contributed by atoms with Gasteiger partial charge in [-0.3, -0.25) is 0 Å². The molecule has 0 aromatic carbocycles. The van der Waals surface area contributed by atoms with Gasteiger partial charge in [-0.2, -0.15) is 0 Å². The third-order valence-corrected chi connectivity index (χ3v) is 5.28. The van der Waals surface area contributed by atoms with Crippen molar-refractivity contribution in [2.75, 3.05) is 6.61 Å². The number of hydrogen-bond donors (Lipinski definition) is 0. The SMILES string of the molecule is C=C(CCCCCCCCCC(C)C)C(=O)OCCCCCCCCCC. The molecule has 0 radical (unpaired) electrons. The standard InChI is InChI=1S/C25H48O2/c1-5-6-7-8-9-13-16-19-22-27-25(26)24(4)21-18-15-12-10-11-14-17-20-23(2)3/h23H,4-22H2,1-3H3. The van der Waals surface area contributed by atoms with E-state index in [0.717, 1.165) is 25.2 Å². The van der Waals surface area contributed by atoms with E-state index in [1.165, 1.54) is 89.9 Å². The Labute approximate surface area is 170 Å². The van der Waals surface area contributed by atoms with Crippen LogP contribution in [0.1, 0.15) is 130 Å². The summed E-state index contributed by atoms with van der Waals surface area (Å²) in [6, 6.07) is 0. The molecule has 2 heteroatoms. The first-order valence-electron chi connectivity index (χ1n) is 11.9. The van der Waals surface area contributed by atoms with Crippen molar-refractivity contribution in [2.24, 2.45) is 5.92 Å². The second-order valence-electron chi connectivity index (χ2n) is 8.62. The molecule has 0 amide bonds. The number of ether oxygens (including phenoxy) is 1. The van der Waals surface area contributed by atoms with E-state index >= 15 is 0 Å². The minimum atomic E-state index is -0.174. The average molecular weight is 381 g/mol. The first-order chi connectivity index (χ1) is 13.1. The van der Waals surface area contributed by atoms with Gasteiger partial charge in [-0.1, -0.05) is 117 Å². The third kappa shape index (κ3) is 19.8. The molecule has 0 heterocycles. The molecular weight excluding hydrogens is 332 g/mol. The van der Waals surface area contributed by atoms with E-state index in [4.69, 9.17) is 4.74 Å². The molecule has 0 unspecified atom stereocenters. The van der Waals surface area contributed by atoms with Crippen molar-refractivity contribution in [3.8, 4) is 0 Å². The summed E-state index contributed by atoms with van der Waals surface area (Å²) in [7, 11) is 0. The second-order valence-corrected chi connectivity index (χ2v) is 8.62. The van der Waals surface area contributed by atoms with Crippen LogP contribution in [0.4, 0.5) is 0 Å². The maximum Gasteiger partial charge on any atom is 0.333 e. The molecule has 160 valence electrons. The topological polar surface area (TPSA) is 26.3 Å². The van der Waals surface area contributed by atoms with Crippen molar-refractivity contribution in [2.45, 2.75) is 130 Å². The Morgan fingerprint density at radius 1 is 0.741 bits per heavy atom. The maximum atomic E-state index is 11.9. The Bertz CT molecular complexity index is 346. The predicted molar refractivity (Wildman–Crippen MR) is 119 cm³/mol. The van der Waals surface area contributed by atoms with Crippen LogP contribution in [-0.4, -0.2) is 12.6 Å². The van der Waals surface area contributed by atoms with Crippen LogP contribution in [0.25, 0.3) is 0 Å². The van der Waals surface area contributed by atoms with Crippen LogP contribution in [0.3, 0.4) is 0 Å². The van der Waals surface area contributed by atoms with Gasteiger partial charge in [0.1, 0.15) is 0 Å². The number of esters is 1. The Balaban J connectivity index is 3.36. The van der Waals surface area contributed by atoms with Gasteiger partial charge in [0, 0.05) is 5.57 Å². The third-order valence-electron chi connectivity index (χ3n) is 5.28. The molecule has 2 nitrogen and oxygen atoms in total. The monoisotopic (exact) mass is 380 g/mol. The summed E-state index contributed by atoms with van der Waals surface area (Å²) in [6.45, 7) is 11.3. The quantitative estimate of drug-likeness (QED) is 0.120. The maximum absolute atomic E-state index is 11.9. The molecule has 0 rings (SSSR count). The van der Waals surface area contributed by atoms with E-state index in [1.807, 2.05) is 0 Å². The highest BCUT2D eigenvalue weighted by molar-refractivity contribution is 5.87. The van der Waals surface area contributed by atoms with Crippen molar-refractivity contribution in [3.05, 3.63) is 12.2 Å². The minimum absolute atomic E-state index is 0.174. The number of hydrogen-bond acceptors (Lipinski definition) is 2. The van der Waals surface area contributed by atoms with Gasteiger partial charge in [-0.05, 0) is 25.2 Å². The van der Waals surface area contributed by atoms with Crippen molar-refractivity contribution < 1.29 is 9.53 Å². The Hall–Kier alpha value is -0.790. The molecule has 0 N–H and O–H groups in total. The summed E-state index contributed by atoms with van der Waals surface area (Å²) in [5, 5.41) is 0. The van der Waals surface area contributed by atoms with Crippen LogP contribution in [-0.2, 0) is 9.53 Å². The number of carbonyl (C=O) groups is 1. The first-order valence-corrected chi connectivity index (χ1v) is 11.9. The number of unbranched alkanes of at least 4 members (excludes halogenated alkanes) is 13. The molecule has 0 aliphatic rings. The highest BCUT2D eigenvalue weighted by Gasteiger charge is 2.07. The van der Waals surface area contributed by atoms with Crippen LogP contribution in [0.5, 0.6) is 0 Å². The van der Waals surface area contributed by atoms with Gasteiger partial charge in [-0.25, -0.2) is 4.79 Å². The summed E-state index contributed by atoms with van der Waals surface area (Å²) in [5.74, 6) is 0.665. The highest BCUT2D eigenvalue weighted by atomic mass is 16.5. The summed E-state index contributed by atoms with van der Waals surface area (Å²) >= 11 is 0. The summed E-state index contributed by atoms with van der Waals surface area (Å²) in [5.41, 5.74) is 0.659. The first kappa shape index (κ1) is 26.2. The van der Waals surface area contributed by atoms with Crippen LogP contribution < -0.4 is 0 Å². The Kier molecular flexibility index (Phi) is 19.4. The summed E-state index contributed by atoms with van der Waals surface area (Å²) in [6.07, 6.45) is 21.3. The minimum Gasteiger partial charge on any atom is -0.462 e. The molecule has 0 atom stereocenters. The lowest BCUT2D eigenvalue weighted by Gasteiger charge is -2.08. The molecular formula is C25H48O2. The molecule has 0 saturated carbocycles.